The number of hydrogen-bond donors (Lipinski definition) is 1. The van der Waals surface area contributed by atoms with Crippen LogP contribution in [-0.4, -0.2) is 16.5 Å². The van der Waals surface area contributed by atoms with Gasteiger partial charge in [0.1, 0.15) is 11.6 Å². The lowest BCUT2D eigenvalue weighted by Crippen LogP contribution is -2.11. The first-order chi connectivity index (χ1) is 9.20. The molecular formula is C15H22IN3. The predicted octanol–water partition coefficient (Wildman–Crippen LogP) is 4.29. The van der Waals surface area contributed by atoms with Crippen LogP contribution in [0.4, 0.5) is 5.82 Å². The van der Waals surface area contributed by atoms with E-state index in [1.165, 1.54) is 41.4 Å². The van der Waals surface area contributed by atoms with Gasteiger partial charge in [0, 0.05) is 18.4 Å². The highest BCUT2D eigenvalue weighted by molar-refractivity contribution is 14.1. The minimum absolute atomic E-state index is 0.606. The van der Waals surface area contributed by atoms with Crippen LogP contribution < -0.4 is 5.32 Å². The summed E-state index contributed by atoms with van der Waals surface area (Å²) in [5.74, 6) is 4.19. The van der Waals surface area contributed by atoms with Gasteiger partial charge in [0.05, 0.1) is 9.26 Å². The van der Waals surface area contributed by atoms with Crippen LogP contribution in [0.15, 0.2) is 0 Å². The average molecular weight is 371 g/mol. The molecule has 3 rings (SSSR count). The fourth-order valence-electron chi connectivity index (χ4n) is 3.08. The van der Waals surface area contributed by atoms with Gasteiger partial charge < -0.3 is 5.32 Å². The number of aromatic nitrogens is 2. The van der Waals surface area contributed by atoms with E-state index in [0.29, 0.717) is 11.8 Å². The lowest BCUT2D eigenvalue weighted by Gasteiger charge is -2.16. The minimum Gasteiger partial charge on any atom is -0.369 e. The lowest BCUT2D eigenvalue weighted by atomic mass is 10.0. The molecule has 0 radical (unpaired) electrons. The van der Waals surface area contributed by atoms with Crippen molar-refractivity contribution in [3.8, 4) is 0 Å². The Kier molecular flexibility index (Phi) is 3.96. The van der Waals surface area contributed by atoms with E-state index < -0.39 is 0 Å². The van der Waals surface area contributed by atoms with Crippen LogP contribution >= 0.6 is 22.6 Å². The fourth-order valence-corrected chi connectivity index (χ4v) is 3.96. The van der Waals surface area contributed by atoms with Gasteiger partial charge in [0.25, 0.3) is 0 Å². The van der Waals surface area contributed by atoms with E-state index in [1.807, 2.05) is 0 Å². The quantitative estimate of drug-likeness (QED) is 0.803. The van der Waals surface area contributed by atoms with E-state index in [9.17, 15) is 0 Å². The Labute approximate surface area is 129 Å². The van der Waals surface area contributed by atoms with Crippen molar-refractivity contribution in [3.05, 3.63) is 15.1 Å². The topological polar surface area (TPSA) is 37.8 Å². The Bertz CT molecular complexity index is 469. The van der Waals surface area contributed by atoms with E-state index in [2.05, 4.69) is 41.8 Å². The molecule has 0 spiro atoms. The molecule has 104 valence electrons. The lowest BCUT2D eigenvalue weighted by molar-refractivity contribution is 0.675. The number of anilines is 1. The molecule has 0 bridgehead atoms. The van der Waals surface area contributed by atoms with Gasteiger partial charge >= 0.3 is 0 Å². The molecule has 2 atom stereocenters. The monoisotopic (exact) mass is 371 g/mol. The summed E-state index contributed by atoms with van der Waals surface area (Å²) in [6, 6.07) is 0. The molecule has 1 aromatic rings. The zero-order chi connectivity index (χ0) is 13.4. The predicted molar refractivity (Wildman–Crippen MR) is 86.6 cm³/mol. The molecule has 1 aromatic heterocycles. The smallest absolute Gasteiger partial charge is 0.143 e. The summed E-state index contributed by atoms with van der Waals surface area (Å²) in [5, 5.41) is 3.42. The average Bonchev–Trinajstić information content (AvgIpc) is 2.92. The first kappa shape index (κ1) is 13.6. The van der Waals surface area contributed by atoms with E-state index in [-0.39, 0.29) is 0 Å². The summed E-state index contributed by atoms with van der Waals surface area (Å²) in [6.07, 6.45) is 6.58. The van der Waals surface area contributed by atoms with Crippen LogP contribution in [-0.2, 0) is 0 Å². The Morgan fingerprint density at radius 3 is 2.53 bits per heavy atom. The summed E-state index contributed by atoms with van der Waals surface area (Å²) < 4.78 is 1.25. The molecule has 0 saturated heterocycles. The highest BCUT2D eigenvalue weighted by atomic mass is 127. The van der Waals surface area contributed by atoms with Crippen LogP contribution in [0.3, 0.4) is 0 Å². The summed E-state index contributed by atoms with van der Waals surface area (Å²) in [5.41, 5.74) is 1.32. The standard InChI is InChI=1S/C15H22IN3/c1-3-17-15-12(16)13(10-6-4-5-7-10)18-14(19-15)11-8-9(11)2/h9-11H,3-8H2,1-2H3,(H,17,18,19). The zero-order valence-electron chi connectivity index (χ0n) is 11.7. The molecular weight excluding hydrogens is 349 g/mol. The van der Waals surface area contributed by atoms with Gasteiger partial charge in [-0.1, -0.05) is 19.8 Å². The van der Waals surface area contributed by atoms with E-state index in [0.717, 1.165) is 24.1 Å². The van der Waals surface area contributed by atoms with Crippen molar-refractivity contribution in [1.82, 2.24) is 9.97 Å². The molecule has 2 aliphatic carbocycles. The van der Waals surface area contributed by atoms with Crippen molar-refractivity contribution in [1.29, 1.82) is 0 Å². The summed E-state index contributed by atoms with van der Waals surface area (Å²) in [6.45, 7) is 5.36. The van der Waals surface area contributed by atoms with Crippen molar-refractivity contribution in [3.63, 3.8) is 0 Å². The van der Waals surface area contributed by atoms with Crippen molar-refractivity contribution in [2.24, 2.45) is 5.92 Å². The van der Waals surface area contributed by atoms with E-state index >= 15 is 0 Å². The SMILES string of the molecule is CCNc1nc(C2CC2C)nc(C2CCCC2)c1I. The van der Waals surface area contributed by atoms with Gasteiger partial charge in [-0.05, 0) is 54.7 Å². The van der Waals surface area contributed by atoms with Crippen molar-refractivity contribution >= 4 is 28.4 Å². The minimum atomic E-state index is 0.606. The van der Waals surface area contributed by atoms with E-state index in [4.69, 9.17) is 9.97 Å². The molecule has 2 fully saturated rings. The van der Waals surface area contributed by atoms with Gasteiger partial charge in [0.15, 0.2) is 0 Å². The molecule has 0 aromatic carbocycles. The third-order valence-electron chi connectivity index (χ3n) is 4.42. The van der Waals surface area contributed by atoms with Gasteiger partial charge in [0.2, 0.25) is 0 Å². The second kappa shape index (κ2) is 5.54. The number of hydrogen-bond acceptors (Lipinski definition) is 3. The van der Waals surface area contributed by atoms with Crippen LogP contribution in [0.25, 0.3) is 0 Å². The van der Waals surface area contributed by atoms with Gasteiger partial charge in [-0.15, -0.1) is 0 Å². The molecule has 2 aliphatic rings. The molecule has 0 aliphatic heterocycles. The van der Waals surface area contributed by atoms with Crippen molar-refractivity contribution < 1.29 is 0 Å². The van der Waals surface area contributed by atoms with E-state index in [1.54, 1.807) is 0 Å². The Morgan fingerprint density at radius 1 is 1.26 bits per heavy atom. The number of halogens is 1. The molecule has 1 N–H and O–H groups in total. The molecule has 19 heavy (non-hydrogen) atoms. The normalized spacial score (nSPS) is 26.7. The summed E-state index contributed by atoms with van der Waals surface area (Å²) >= 11 is 2.43. The Morgan fingerprint density at radius 2 is 1.95 bits per heavy atom. The molecule has 2 unspecified atom stereocenters. The highest BCUT2D eigenvalue weighted by Crippen LogP contribution is 2.47. The fraction of sp³-hybridized carbons (Fsp3) is 0.733. The summed E-state index contributed by atoms with van der Waals surface area (Å²) in [4.78, 5) is 9.73. The summed E-state index contributed by atoms with van der Waals surface area (Å²) in [7, 11) is 0. The van der Waals surface area contributed by atoms with Crippen LogP contribution in [0, 0.1) is 9.49 Å². The third-order valence-corrected chi connectivity index (χ3v) is 5.48. The van der Waals surface area contributed by atoms with Crippen molar-refractivity contribution in [2.45, 2.75) is 57.8 Å². The van der Waals surface area contributed by atoms with Gasteiger partial charge in [-0.3, -0.25) is 0 Å². The van der Waals surface area contributed by atoms with Gasteiger partial charge in [-0.25, -0.2) is 9.97 Å². The number of nitrogens with one attached hydrogen (secondary N) is 1. The van der Waals surface area contributed by atoms with Crippen LogP contribution in [0.5, 0.6) is 0 Å². The maximum absolute atomic E-state index is 4.95. The number of nitrogens with zero attached hydrogens (tertiary/aromatic N) is 2. The maximum atomic E-state index is 4.95. The van der Waals surface area contributed by atoms with Crippen LogP contribution in [0.1, 0.15) is 69.3 Å². The van der Waals surface area contributed by atoms with Crippen molar-refractivity contribution in [2.75, 3.05) is 11.9 Å². The Balaban J connectivity index is 1.97. The molecule has 3 nitrogen and oxygen atoms in total. The first-order valence-corrected chi connectivity index (χ1v) is 8.59. The largest absolute Gasteiger partial charge is 0.369 e. The Hall–Kier alpha value is -0.390. The molecule has 1 heterocycles. The van der Waals surface area contributed by atoms with Gasteiger partial charge in [-0.2, -0.15) is 0 Å². The third kappa shape index (κ3) is 2.73. The highest BCUT2D eigenvalue weighted by Gasteiger charge is 2.38. The molecule has 4 heteroatoms. The second-order valence-corrected chi connectivity index (χ2v) is 7.04. The molecule has 0 amide bonds. The maximum Gasteiger partial charge on any atom is 0.143 e. The number of rotatable bonds is 4. The molecule has 2 saturated carbocycles. The van der Waals surface area contributed by atoms with Crippen LogP contribution in [0.2, 0.25) is 0 Å². The zero-order valence-corrected chi connectivity index (χ0v) is 13.9. The first-order valence-electron chi connectivity index (χ1n) is 7.52. The second-order valence-electron chi connectivity index (χ2n) is 5.96.